The number of carbonyl (C=O) groups is 4. The summed E-state index contributed by atoms with van der Waals surface area (Å²) in [5.74, 6) is -3.59. The first-order valence-electron chi connectivity index (χ1n) is 8.97. The van der Waals surface area contributed by atoms with Crippen LogP contribution in [-0.2, 0) is 19.2 Å². The molecule has 0 bridgehead atoms. The maximum Gasteiger partial charge on any atom is 0.320 e. The second-order valence-corrected chi connectivity index (χ2v) is 6.92. The Morgan fingerprint density at radius 1 is 0.929 bits per heavy atom. The molecule has 1 aromatic carbocycles. The lowest BCUT2D eigenvalue weighted by atomic mass is 10.0. The molecule has 0 aliphatic heterocycles. The zero-order chi connectivity index (χ0) is 21.3. The molecule has 2 amide bonds. The van der Waals surface area contributed by atoms with Gasteiger partial charge in [0.15, 0.2) is 0 Å². The molecule has 0 saturated carbocycles. The van der Waals surface area contributed by atoms with Gasteiger partial charge in [-0.25, -0.2) is 0 Å². The Kier molecular flexibility index (Phi) is 9.10. The van der Waals surface area contributed by atoms with Crippen molar-refractivity contribution in [2.75, 3.05) is 5.32 Å². The molecule has 5 N–H and O–H groups in total. The molecule has 0 aliphatic rings. The molecule has 3 atom stereocenters. The SMILES string of the molecule is CC(C)C[C@H](NC(=O)[C@H](CC(=O)O)N[C@H](C)C(=O)O)C(=O)Nc1ccccc1. The van der Waals surface area contributed by atoms with Gasteiger partial charge in [0.25, 0.3) is 0 Å². The highest BCUT2D eigenvalue weighted by Crippen LogP contribution is 2.11. The van der Waals surface area contributed by atoms with Crippen LogP contribution in [0.4, 0.5) is 5.69 Å². The average molecular weight is 393 g/mol. The Morgan fingerprint density at radius 3 is 2.04 bits per heavy atom. The summed E-state index contributed by atoms with van der Waals surface area (Å²) < 4.78 is 0. The maximum atomic E-state index is 12.6. The average Bonchev–Trinajstić information content (AvgIpc) is 2.60. The molecule has 0 fully saturated rings. The smallest absolute Gasteiger partial charge is 0.320 e. The lowest BCUT2D eigenvalue weighted by Crippen LogP contribution is -2.55. The van der Waals surface area contributed by atoms with Gasteiger partial charge in [-0.3, -0.25) is 24.5 Å². The first-order chi connectivity index (χ1) is 13.1. The van der Waals surface area contributed by atoms with Gasteiger partial charge in [0.1, 0.15) is 12.1 Å². The molecule has 0 aliphatic carbocycles. The summed E-state index contributed by atoms with van der Waals surface area (Å²) in [6.07, 6.45) is -0.281. The van der Waals surface area contributed by atoms with Crippen LogP contribution in [0.2, 0.25) is 0 Å². The summed E-state index contributed by atoms with van der Waals surface area (Å²) >= 11 is 0. The Hall–Kier alpha value is -2.94. The van der Waals surface area contributed by atoms with Crippen LogP contribution in [0.5, 0.6) is 0 Å². The van der Waals surface area contributed by atoms with E-state index < -0.39 is 48.3 Å². The molecule has 0 heterocycles. The standard InChI is InChI=1S/C19H27N3O6/c1-11(2)9-14(17(25)21-13-7-5-4-6-8-13)22-18(26)15(10-16(23)24)20-12(3)19(27)28/h4-8,11-12,14-15,20H,9-10H2,1-3H3,(H,21,25)(H,22,26)(H,23,24)(H,27,28)/t12-,14+,15+/m1/s1. The summed E-state index contributed by atoms with van der Waals surface area (Å²) in [4.78, 5) is 47.3. The molecule has 1 aromatic rings. The van der Waals surface area contributed by atoms with Crippen LogP contribution in [-0.4, -0.2) is 52.1 Å². The van der Waals surface area contributed by atoms with Crippen LogP contribution in [0.3, 0.4) is 0 Å². The van der Waals surface area contributed by atoms with Crippen molar-refractivity contribution >= 4 is 29.4 Å². The number of carboxylic acid groups (broad SMARTS) is 2. The van der Waals surface area contributed by atoms with Crippen LogP contribution in [0, 0.1) is 5.92 Å². The van der Waals surface area contributed by atoms with Crippen LogP contribution in [0.25, 0.3) is 0 Å². The predicted octanol–water partition coefficient (Wildman–Crippen LogP) is 1.06. The van der Waals surface area contributed by atoms with Gasteiger partial charge in [0, 0.05) is 5.69 Å². The van der Waals surface area contributed by atoms with E-state index in [1.54, 1.807) is 30.3 Å². The van der Waals surface area contributed by atoms with Gasteiger partial charge >= 0.3 is 11.9 Å². The third-order valence-corrected chi connectivity index (χ3v) is 3.90. The fourth-order valence-corrected chi connectivity index (χ4v) is 2.50. The summed E-state index contributed by atoms with van der Waals surface area (Å²) in [6.45, 7) is 5.07. The van der Waals surface area contributed by atoms with Crippen molar-refractivity contribution in [3.05, 3.63) is 30.3 Å². The van der Waals surface area contributed by atoms with Gasteiger partial charge < -0.3 is 20.8 Å². The van der Waals surface area contributed by atoms with E-state index in [1.165, 1.54) is 6.92 Å². The molecule has 0 unspecified atom stereocenters. The second kappa shape index (κ2) is 11.0. The van der Waals surface area contributed by atoms with Gasteiger partial charge in [-0.2, -0.15) is 0 Å². The zero-order valence-corrected chi connectivity index (χ0v) is 16.1. The minimum atomic E-state index is -1.29. The number of carboxylic acids is 2. The first kappa shape index (κ1) is 23.1. The monoisotopic (exact) mass is 393 g/mol. The van der Waals surface area contributed by atoms with Gasteiger partial charge in [-0.1, -0.05) is 32.0 Å². The van der Waals surface area contributed by atoms with E-state index in [4.69, 9.17) is 10.2 Å². The van der Waals surface area contributed by atoms with E-state index in [0.717, 1.165) is 0 Å². The van der Waals surface area contributed by atoms with Crippen molar-refractivity contribution in [3.8, 4) is 0 Å². The van der Waals surface area contributed by atoms with E-state index in [-0.39, 0.29) is 5.92 Å². The Morgan fingerprint density at radius 2 is 1.54 bits per heavy atom. The number of aliphatic carboxylic acids is 2. The van der Waals surface area contributed by atoms with E-state index in [0.29, 0.717) is 12.1 Å². The lowest BCUT2D eigenvalue weighted by molar-refractivity contribution is -0.143. The molecular weight excluding hydrogens is 366 g/mol. The van der Waals surface area contributed by atoms with Crippen molar-refractivity contribution in [3.63, 3.8) is 0 Å². The van der Waals surface area contributed by atoms with Crippen molar-refractivity contribution in [1.82, 2.24) is 10.6 Å². The molecule has 9 heteroatoms. The molecule has 9 nitrogen and oxygen atoms in total. The summed E-state index contributed by atoms with van der Waals surface area (Å²) in [5.41, 5.74) is 0.565. The molecular formula is C19H27N3O6. The molecule has 1 rings (SSSR count). The van der Waals surface area contributed by atoms with E-state index in [9.17, 15) is 19.2 Å². The highest BCUT2D eigenvalue weighted by Gasteiger charge is 2.29. The van der Waals surface area contributed by atoms with Gasteiger partial charge in [0.2, 0.25) is 11.8 Å². The maximum absolute atomic E-state index is 12.6. The fraction of sp³-hybridized carbons (Fsp3) is 0.474. The minimum Gasteiger partial charge on any atom is -0.481 e. The summed E-state index contributed by atoms with van der Waals surface area (Å²) in [5, 5.41) is 25.7. The number of rotatable bonds is 11. The van der Waals surface area contributed by atoms with Gasteiger partial charge in [0.05, 0.1) is 12.5 Å². The lowest BCUT2D eigenvalue weighted by Gasteiger charge is -2.24. The third kappa shape index (κ3) is 8.17. The van der Waals surface area contributed by atoms with E-state index in [2.05, 4.69) is 16.0 Å². The van der Waals surface area contributed by atoms with Crippen molar-refractivity contribution in [2.45, 2.75) is 51.7 Å². The number of benzene rings is 1. The summed E-state index contributed by atoms with van der Waals surface area (Å²) in [6, 6.07) is 5.41. The molecule has 0 saturated heterocycles. The predicted molar refractivity (Wildman–Crippen MR) is 103 cm³/mol. The van der Waals surface area contributed by atoms with Crippen molar-refractivity contribution < 1.29 is 29.4 Å². The quantitative estimate of drug-likeness (QED) is 0.378. The van der Waals surface area contributed by atoms with E-state index >= 15 is 0 Å². The number of anilines is 1. The highest BCUT2D eigenvalue weighted by molar-refractivity contribution is 5.98. The Labute approximate surface area is 163 Å². The fourth-order valence-electron chi connectivity index (χ4n) is 2.50. The molecule has 28 heavy (non-hydrogen) atoms. The number of hydrogen-bond donors (Lipinski definition) is 5. The molecule has 154 valence electrons. The number of amides is 2. The topological polar surface area (TPSA) is 145 Å². The number of nitrogens with one attached hydrogen (secondary N) is 3. The van der Waals surface area contributed by atoms with Crippen LogP contribution >= 0.6 is 0 Å². The van der Waals surface area contributed by atoms with Crippen LogP contribution < -0.4 is 16.0 Å². The Bertz CT molecular complexity index is 692. The normalized spacial score (nSPS) is 14.0. The minimum absolute atomic E-state index is 0.0793. The largest absolute Gasteiger partial charge is 0.481 e. The van der Waals surface area contributed by atoms with Gasteiger partial charge in [-0.15, -0.1) is 0 Å². The zero-order valence-electron chi connectivity index (χ0n) is 16.1. The summed E-state index contributed by atoms with van der Waals surface area (Å²) in [7, 11) is 0. The molecule has 0 radical (unpaired) electrons. The van der Waals surface area contributed by atoms with Crippen LogP contribution in [0.1, 0.15) is 33.6 Å². The molecule has 0 spiro atoms. The number of para-hydroxylation sites is 1. The third-order valence-electron chi connectivity index (χ3n) is 3.90. The second-order valence-electron chi connectivity index (χ2n) is 6.92. The first-order valence-corrected chi connectivity index (χ1v) is 8.97. The van der Waals surface area contributed by atoms with Crippen molar-refractivity contribution in [1.29, 1.82) is 0 Å². The van der Waals surface area contributed by atoms with E-state index in [1.807, 2.05) is 13.8 Å². The highest BCUT2D eigenvalue weighted by atomic mass is 16.4. The molecule has 0 aromatic heterocycles. The Balaban J connectivity index is 2.90. The van der Waals surface area contributed by atoms with Crippen molar-refractivity contribution in [2.24, 2.45) is 5.92 Å². The van der Waals surface area contributed by atoms with Gasteiger partial charge in [-0.05, 0) is 31.4 Å². The number of hydrogen-bond acceptors (Lipinski definition) is 5. The number of carbonyl (C=O) groups excluding carboxylic acids is 2. The van der Waals surface area contributed by atoms with Crippen LogP contribution in [0.15, 0.2) is 30.3 Å².